The van der Waals surface area contributed by atoms with Crippen LogP contribution in [-0.2, 0) is 6.54 Å². The Morgan fingerprint density at radius 2 is 1.90 bits per heavy atom. The van der Waals surface area contributed by atoms with Gasteiger partial charge < -0.3 is 26.7 Å². The van der Waals surface area contributed by atoms with Crippen LogP contribution in [0.15, 0.2) is 83.9 Å². The second-order valence-electron chi connectivity index (χ2n) is 10.0. The number of allylic oxidation sites excluding steroid dienone is 1. The second-order valence-corrected chi connectivity index (χ2v) is 10.0. The van der Waals surface area contributed by atoms with E-state index in [1.807, 2.05) is 64.5 Å². The minimum atomic E-state index is 0.283. The summed E-state index contributed by atoms with van der Waals surface area (Å²) in [6.45, 7) is 4.36. The first kappa shape index (κ1) is 28.0. The van der Waals surface area contributed by atoms with Gasteiger partial charge in [-0.15, -0.1) is 0 Å². The number of aliphatic imine (C=N–C) groups is 1. The average molecular weight is 560 g/mol. The number of nitrogens with one attached hydrogen (secondary N) is 2. The van der Waals surface area contributed by atoms with Crippen molar-refractivity contribution in [1.82, 2.24) is 25.3 Å². The lowest BCUT2D eigenvalue weighted by Crippen LogP contribution is -2.18. The number of H-pyrrole nitrogens is 1. The minimum Gasteiger partial charge on any atom is -0.392 e. The van der Waals surface area contributed by atoms with Gasteiger partial charge in [-0.1, -0.05) is 30.3 Å². The van der Waals surface area contributed by atoms with Crippen LogP contribution < -0.4 is 21.7 Å². The summed E-state index contributed by atoms with van der Waals surface area (Å²) in [4.78, 5) is 35.4. The largest absolute Gasteiger partial charge is 0.392 e. The Morgan fingerprint density at radius 3 is 2.64 bits per heavy atom. The van der Waals surface area contributed by atoms with Crippen LogP contribution in [0.4, 0.5) is 17.5 Å². The molecule has 0 aliphatic carbocycles. The Labute approximate surface area is 244 Å². The van der Waals surface area contributed by atoms with Gasteiger partial charge in [0.25, 0.3) is 5.95 Å². The summed E-state index contributed by atoms with van der Waals surface area (Å²) in [5.74, 6) is 1.04. The lowest BCUT2D eigenvalue weighted by Gasteiger charge is -2.23. The molecule has 10 nitrogen and oxygen atoms in total. The van der Waals surface area contributed by atoms with Gasteiger partial charge in [0.15, 0.2) is 0 Å². The number of hydrogen-bond donors (Lipinski definition) is 4. The molecule has 0 atom stereocenters. The molecule has 0 amide bonds. The van der Waals surface area contributed by atoms with E-state index in [9.17, 15) is 4.79 Å². The number of pyridine rings is 1. The van der Waals surface area contributed by atoms with Crippen molar-refractivity contribution in [3.05, 3.63) is 95.6 Å². The number of aryl methyl sites for hydroxylation is 1. The van der Waals surface area contributed by atoms with Crippen LogP contribution in [0.5, 0.6) is 0 Å². The van der Waals surface area contributed by atoms with Gasteiger partial charge in [-0.2, -0.15) is 4.99 Å². The van der Waals surface area contributed by atoms with Gasteiger partial charge in [-0.3, -0.25) is 4.79 Å². The van der Waals surface area contributed by atoms with Gasteiger partial charge >= 0.3 is 0 Å². The zero-order valence-corrected chi connectivity index (χ0v) is 24.0. The van der Waals surface area contributed by atoms with Gasteiger partial charge in [0.1, 0.15) is 17.9 Å². The highest BCUT2D eigenvalue weighted by Crippen LogP contribution is 2.36. The van der Waals surface area contributed by atoms with Crippen molar-refractivity contribution in [2.24, 2.45) is 10.7 Å². The quantitative estimate of drug-likeness (QED) is 0.110. The summed E-state index contributed by atoms with van der Waals surface area (Å²) in [6.07, 6.45) is 8.06. The first-order valence-electron chi connectivity index (χ1n) is 13.4. The van der Waals surface area contributed by atoms with E-state index in [1.54, 1.807) is 24.5 Å². The van der Waals surface area contributed by atoms with Crippen LogP contribution in [0, 0.1) is 6.92 Å². The summed E-state index contributed by atoms with van der Waals surface area (Å²) in [6, 6.07) is 15.5. The molecular weight excluding hydrogens is 526 g/mol. The predicted molar refractivity (Wildman–Crippen MR) is 170 cm³/mol. The van der Waals surface area contributed by atoms with Crippen LogP contribution >= 0.6 is 0 Å². The molecule has 2 aromatic carbocycles. The number of nitrogens with zero attached hydrogens (tertiary/aromatic N) is 5. The molecule has 3 aromatic heterocycles. The number of anilines is 2. The predicted octanol–water partition coefficient (Wildman–Crippen LogP) is 5.14. The first-order chi connectivity index (χ1) is 20.3. The van der Waals surface area contributed by atoms with E-state index in [4.69, 9.17) is 16.5 Å². The molecule has 10 heteroatoms. The number of nitrogen functional groups attached to an aromatic ring is 1. The lowest BCUT2D eigenvalue weighted by molar-refractivity contribution is 0.112. The third kappa shape index (κ3) is 5.68. The third-order valence-corrected chi connectivity index (χ3v) is 7.14. The molecule has 0 radical (unpaired) electrons. The first-order valence-corrected chi connectivity index (χ1v) is 13.4. The lowest BCUT2D eigenvalue weighted by atomic mass is 9.96. The van der Waals surface area contributed by atoms with E-state index in [0.29, 0.717) is 23.8 Å². The number of fused-ring (bicyclic) bond motifs is 1. The molecule has 0 aliphatic rings. The molecule has 0 fully saturated rings. The van der Waals surface area contributed by atoms with Crippen molar-refractivity contribution in [2.75, 3.05) is 24.7 Å². The number of carbonyl (C=O) groups excluding carboxylic acids is 1. The molecule has 42 heavy (non-hydrogen) atoms. The number of para-hydroxylation sites is 1. The number of amidine groups is 1. The summed E-state index contributed by atoms with van der Waals surface area (Å²) >= 11 is 0. The van der Waals surface area contributed by atoms with Gasteiger partial charge in [0, 0.05) is 67.0 Å². The van der Waals surface area contributed by atoms with Crippen molar-refractivity contribution < 1.29 is 4.79 Å². The van der Waals surface area contributed by atoms with Gasteiger partial charge in [0.05, 0.1) is 16.9 Å². The fourth-order valence-electron chi connectivity index (χ4n) is 4.90. The van der Waals surface area contributed by atoms with Crippen LogP contribution in [0.25, 0.3) is 33.3 Å². The van der Waals surface area contributed by atoms with Crippen LogP contribution in [0.3, 0.4) is 0 Å². The number of hydrogen-bond acceptors (Lipinski definition) is 8. The number of rotatable bonds is 9. The molecular formula is C32H33N9O. The maximum Gasteiger partial charge on any atom is 0.251 e. The Kier molecular flexibility index (Phi) is 7.96. The minimum absolute atomic E-state index is 0.283. The Bertz CT molecular complexity index is 1820. The molecule has 0 unspecified atom stereocenters. The van der Waals surface area contributed by atoms with Crippen LogP contribution in [0.2, 0.25) is 0 Å². The number of carbonyl (C=O) groups is 1. The fourth-order valence-corrected chi connectivity index (χ4v) is 4.90. The molecule has 5 rings (SSSR count). The van der Waals surface area contributed by atoms with E-state index < -0.39 is 0 Å². The molecule has 212 valence electrons. The van der Waals surface area contributed by atoms with Crippen LogP contribution in [0.1, 0.15) is 28.4 Å². The molecule has 6 N–H and O–H groups in total. The highest BCUT2D eigenvalue weighted by molar-refractivity contribution is 6.02. The van der Waals surface area contributed by atoms with Gasteiger partial charge in [-0.25, -0.2) is 15.0 Å². The zero-order chi connectivity index (χ0) is 29.8. The molecule has 0 saturated carbocycles. The van der Waals surface area contributed by atoms with E-state index in [0.717, 1.165) is 62.1 Å². The summed E-state index contributed by atoms with van der Waals surface area (Å²) in [5, 5.41) is 4.02. The molecule has 5 aromatic rings. The SMILES string of the molecule is CN/C(C)=C\C(N)=N/c1ncc(C)c(-c2c[nH]c3c(N(C)Cc4c(C=O)cccc4-c4ccc(N)nc4)cccc23)n1. The van der Waals surface area contributed by atoms with E-state index in [-0.39, 0.29) is 5.95 Å². The smallest absolute Gasteiger partial charge is 0.251 e. The Hall–Kier alpha value is -5.51. The highest BCUT2D eigenvalue weighted by atomic mass is 16.1. The molecule has 0 spiro atoms. The number of benzene rings is 2. The molecule has 0 bridgehead atoms. The maximum atomic E-state index is 12.1. The summed E-state index contributed by atoms with van der Waals surface area (Å²) in [5.41, 5.74) is 20.7. The second kappa shape index (κ2) is 11.9. The average Bonchev–Trinajstić information content (AvgIpc) is 3.42. The van der Waals surface area contributed by atoms with Crippen LogP contribution in [-0.4, -0.2) is 46.2 Å². The van der Waals surface area contributed by atoms with E-state index in [2.05, 4.69) is 42.3 Å². The third-order valence-electron chi connectivity index (χ3n) is 7.14. The summed E-state index contributed by atoms with van der Waals surface area (Å²) < 4.78 is 0. The monoisotopic (exact) mass is 559 g/mol. The normalized spacial score (nSPS) is 12.0. The standard InChI is InChI=1S/C32H33N9O/c1-19-14-38-32(39-29(34)13-20(2)35-3)40-30(19)25-16-37-31-24(25)9-6-10-27(31)41(4)17-26-22(18-42)7-5-8-23(26)21-11-12-28(33)36-15-21/h5-16,18,35,37H,17H2,1-4H3,(H2,33,36)(H2,34,38,39,40)/b20-13-. The Balaban J connectivity index is 1.52. The van der Waals surface area contributed by atoms with Crippen molar-refractivity contribution in [2.45, 2.75) is 20.4 Å². The fraction of sp³-hybridized carbons (Fsp3) is 0.156. The Morgan fingerprint density at radius 1 is 1.10 bits per heavy atom. The number of aldehydes is 1. The molecule has 0 saturated heterocycles. The topological polar surface area (TPSA) is 151 Å². The molecule has 0 aliphatic heterocycles. The summed E-state index contributed by atoms with van der Waals surface area (Å²) in [7, 11) is 3.83. The van der Waals surface area contributed by atoms with E-state index >= 15 is 0 Å². The number of aromatic amines is 1. The molecule has 3 heterocycles. The van der Waals surface area contributed by atoms with Crippen molar-refractivity contribution in [1.29, 1.82) is 0 Å². The van der Waals surface area contributed by atoms with Crippen molar-refractivity contribution in [3.8, 4) is 22.4 Å². The van der Waals surface area contributed by atoms with Crippen molar-refractivity contribution >= 4 is 40.5 Å². The number of nitrogens with two attached hydrogens (primary N) is 2. The van der Waals surface area contributed by atoms with Crippen molar-refractivity contribution in [3.63, 3.8) is 0 Å². The maximum absolute atomic E-state index is 12.1. The van der Waals surface area contributed by atoms with E-state index in [1.165, 1.54) is 0 Å². The number of aromatic nitrogens is 4. The highest BCUT2D eigenvalue weighted by Gasteiger charge is 2.18. The van der Waals surface area contributed by atoms with Gasteiger partial charge in [0.2, 0.25) is 0 Å². The zero-order valence-electron chi connectivity index (χ0n) is 24.0. The van der Waals surface area contributed by atoms with Gasteiger partial charge in [-0.05, 0) is 54.8 Å².